The molecule has 1 aromatic rings. The fourth-order valence-corrected chi connectivity index (χ4v) is 0.705. The summed E-state index contributed by atoms with van der Waals surface area (Å²) in [5.74, 6) is 0. The van der Waals surface area contributed by atoms with Crippen molar-refractivity contribution in [1.29, 1.82) is 0 Å². The van der Waals surface area contributed by atoms with Crippen molar-refractivity contribution in [2.45, 2.75) is 14.0 Å². The Hall–Kier alpha value is -0.820. The number of hydrogen-bond acceptors (Lipinski definition) is 0. The van der Waals surface area contributed by atoms with Gasteiger partial charge in [0.15, 0.2) is 18.9 Å². The van der Waals surface area contributed by atoms with E-state index in [9.17, 15) is 0 Å². The van der Waals surface area contributed by atoms with Gasteiger partial charge in [-0.15, -0.1) is 0 Å². The van der Waals surface area contributed by atoms with Gasteiger partial charge < -0.3 is 12.4 Å². The smallest absolute Gasteiger partial charge is 0.169 e. The van der Waals surface area contributed by atoms with Gasteiger partial charge in [-0.3, -0.25) is 0 Å². The van der Waals surface area contributed by atoms with E-state index in [0.717, 1.165) is 6.54 Å². The van der Waals surface area contributed by atoms with Crippen LogP contribution in [0.5, 0.6) is 0 Å². The molecule has 0 aliphatic heterocycles. The Labute approximate surface area is 74.8 Å². The molecule has 1 aromatic heterocycles. The molecular weight excluding hydrogens is 158 g/mol. The molecule has 11 heavy (non-hydrogen) atoms. The summed E-state index contributed by atoms with van der Waals surface area (Å²) in [5, 5.41) is 0. The van der Waals surface area contributed by atoms with Crippen LogP contribution < -0.4 is 17.0 Å². The second-order valence-corrected chi connectivity index (χ2v) is 1.86. The Morgan fingerprint density at radius 2 is 1.73 bits per heavy atom. The van der Waals surface area contributed by atoms with Crippen LogP contribution in [-0.2, 0) is 6.54 Å². The van der Waals surface area contributed by atoms with Gasteiger partial charge in [-0.1, -0.05) is 20.1 Å². The maximum absolute atomic E-state index is 3.64. The molecule has 0 unspecified atom stereocenters. The minimum Gasteiger partial charge on any atom is -1.00 e. The van der Waals surface area contributed by atoms with Gasteiger partial charge in [0, 0.05) is 12.1 Å². The molecule has 0 saturated carbocycles. The van der Waals surface area contributed by atoms with Crippen LogP contribution in [0.15, 0.2) is 43.2 Å². The molecule has 0 aliphatic carbocycles. The zero-order chi connectivity index (χ0) is 6.53. The number of aromatic nitrogens is 1. The third-order valence-corrected chi connectivity index (χ3v) is 1.12. The lowest BCUT2D eigenvalue weighted by molar-refractivity contribution is -0.687. The highest BCUT2D eigenvalue weighted by Gasteiger charge is 1.88. The quantitative estimate of drug-likeness (QED) is 0.389. The Morgan fingerprint density at radius 1 is 1.18 bits per heavy atom. The van der Waals surface area contributed by atoms with Gasteiger partial charge >= 0.3 is 0 Å². The molecule has 62 valence electrons. The third kappa shape index (κ3) is 4.57. The first-order chi connectivity index (χ1) is 4.43. The molecule has 0 N–H and O–H groups in total. The van der Waals surface area contributed by atoms with Crippen LogP contribution in [0.4, 0.5) is 0 Å². The summed E-state index contributed by atoms with van der Waals surface area (Å²) in [6, 6.07) is 6.01. The molecule has 1 heterocycles. The Morgan fingerprint density at radius 3 is 2.18 bits per heavy atom. The zero-order valence-corrected chi connectivity index (χ0v) is 6.46. The van der Waals surface area contributed by atoms with Crippen molar-refractivity contribution in [3.05, 3.63) is 43.2 Å². The van der Waals surface area contributed by atoms with Crippen LogP contribution in [0.2, 0.25) is 0 Å². The second kappa shape index (κ2) is 7.29. The predicted octanol–water partition coefficient (Wildman–Crippen LogP) is -1.20. The summed E-state index contributed by atoms with van der Waals surface area (Å²) in [5.41, 5.74) is 0. The maximum atomic E-state index is 3.64. The van der Waals surface area contributed by atoms with Gasteiger partial charge in [0.25, 0.3) is 0 Å². The van der Waals surface area contributed by atoms with E-state index in [-0.39, 0.29) is 19.8 Å². The number of hydrogen-bond donors (Lipinski definition) is 0. The molecular formula is C9H14ClN. The molecule has 0 aromatic carbocycles. The van der Waals surface area contributed by atoms with E-state index >= 15 is 0 Å². The second-order valence-electron chi connectivity index (χ2n) is 1.86. The fourth-order valence-electron chi connectivity index (χ4n) is 0.705. The van der Waals surface area contributed by atoms with Gasteiger partial charge in [0.05, 0.1) is 0 Å². The van der Waals surface area contributed by atoms with E-state index in [1.165, 1.54) is 0 Å². The molecule has 0 atom stereocenters. The minimum absolute atomic E-state index is 0. The number of nitrogens with zero attached hydrogens (tertiary/aromatic N) is 1. The van der Waals surface area contributed by atoms with Crippen LogP contribution in [-0.4, -0.2) is 0 Å². The van der Waals surface area contributed by atoms with Crippen molar-refractivity contribution in [1.82, 2.24) is 0 Å². The highest BCUT2D eigenvalue weighted by Crippen LogP contribution is 1.75. The van der Waals surface area contributed by atoms with Crippen molar-refractivity contribution in [2.75, 3.05) is 0 Å². The first-order valence-electron chi connectivity index (χ1n) is 2.98. The summed E-state index contributed by atoms with van der Waals surface area (Å²) < 4.78 is 2.06. The standard InChI is InChI=1S/C8H10N.CH4.ClH/c1-2-6-9-7-4-3-5-8-9;;/h2-5,7-8H,1,6H2;1H4;1H/q+1;;/p-1. The largest absolute Gasteiger partial charge is 1.00 e. The van der Waals surface area contributed by atoms with E-state index in [2.05, 4.69) is 11.1 Å². The summed E-state index contributed by atoms with van der Waals surface area (Å²) in [6.07, 6.45) is 5.91. The predicted molar refractivity (Wildman–Crippen MR) is 43.6 cm³/mol. The van der Waals surface area contributed by atoms with E-state index in [0.29, 0.717) is 0 Å². The van der Waals surface area contributed by atoms with Crippen molar-refractivity contribution in [2.24, 2.45) is 0 Å². The molecule has 0 aliphatic rings. The monoisotopic (exact) mass is 171 g/mol. The van der Waals surface area contributed by atoms with Gasteiger partial charge in [-0.2, -0.15) is 0 Å². The summed E-state index contributed by atoms with van der Waals surface area (Å²) in [6.45, 7) is 4.52. The third-order valence-electron chi connectivity index (χ3n) is 1.12. The molecule has 2 heteroatoms. The molecule has 1 nitrogen and oxygen atoms in total. The van der Waals surface area contributed by atoms with Crippen LogP contribution in [0.25, 0.3) is 0 Å². The fraction of sp³-hybridized carbons (Fsp3) is 0.222. The van der Waals surface area contributed by atoms with E-state index in [4.69, 9.17) is 0 Å². The van der Waals surface area contributed by atoms with Gasteiger partial charge in [-0.25, -0.2) is 4.57 Å². The minimum atomic E-state index is 0. The number of allylic oxidation sites excluding steroid dienone is 1. The maximum Gasteiger partial charge on any atom is 0.169 e. The SMILES string of the molecule is C.C=CC[n+]1ccccc1.[Cl-]. The topological polar surface area (TPSA) is 3.88 Å². The number of halogens is 1. The summed E-state index contributed by atoms with van der Waals surface area (Å²) in [4.78, 5) is 0. The summed E-state index contributed by atoms with van der Waals surface area (Å²) >= 11 is 0. The normalized spacial score (nSPS) is 7.27. The average molecular weight is 172 g/mol. The van der Waals surface area contributed by atoms with Gasteiger partial charge in [0.1, 0.15) is 0 Å². The Kier molecular flexibility index (Phi) is 8.50. The molecule has 0 spiro atoms. The van der Waals surface area contributed by atoms with Crippen LogP contribution in [0.1, 0.15) is 7.43 Å². The summed E-state index contributed by atoms with van der Waals surface area (Å²) in [7, 11) is 0. The number of rotatable bonds is 2. The van der Waals surface area contributed by atoms with E-state index in [1.807, 2.05) is 36.7 Å². The van der Waals surface area contributed by atoms with Crippen molar-refractivity contribution in [3.8, 4) is 0 Å². The van der Waals surface area contributed by atoms with Crippen LogP contribution in [0, 0.1) is 0 Å². The van der Waals surface area contributed by atoms with Crippen LogP contribution >= 0.6 is 0 Å². The highest BCUT2D eigenvalue weighted by atomic mass is 35.5. The Bertz CT molecular complexity index is 184. The lowest BCUT2D eigenvalue weighted by Gasteiger charge is -1.86. The average Bonchev–Trinajstić information content (AvgIpc) is 1.91. The van der Waals surface area contributed by atoms with Crippen molar-refractivity contribution >= 4 is 0 Å². The van der Waals surface area contributed by atoms with E-state index in [1.54, 1.807) is 0 Å². The first kappa shape index (κ1) is 12.8. The van der Waals surface area contributed by atoms with Gasteiger partial charge in [-0.05, 0) is 6.08 Å². The lowest BCUT2D eigenvalue weighted by Crippen LogP contribution is -3.00. The molecule has 1 rings (SSSR count). The van der Waals surface area contributed by atoms with E-state index < -0.39 is 0 Å². The molecule has 0 fully saturated rings. The molecule has 0 bridgehead atoms. The van der Waals surface area contributed by atoms with Crippen molar-refractivity contribution < 1.29 is 17.0 Å². The first-order valence-corrected chi connectivity index (χ1v) is 2.98. The molecule has 0 radical (unpaired) electrons. The van der Waals surface area contributed by atoms with Gasteiger partial charge in [0.2, 0.25) is 0 Å². The molecule has 0 saturated heterocycles. The zero-order valence-electron chi connectivity index (χ0n) is 5.70. The van der Waals surface area contributed by atoms with Crippen molar-refractivity contribution in [3.63, 3.8) is 0 Å². The lowest BCUT2D eigenvalue weighted by atomic mass is 10.5. The molecule has 0 amide bonds. The number of pyridine rings is 1. The Balaban J connectivity index is 0. The highest BCUT2D eigenvalue weighted by molar-refractivity contribution is 4.83. The van der Waals surface area contributed by atoms with Crippen LogP contribution in [0.3, 0.4) is 0 Å².